The second kappa shape index (κ2) is 9.59. The zero-order chi connectivity index (χ0) is 18.2. The van der Waals surface area contributed by atoms with Crippen LogP contribution in [0.2, 0.25) is 0 Å². The molecule has 26 heavy (non-hydrogen) atoms. The van der Waals surface area contributed by atoms with Crippen molar-refractivity contribution in [1.82, 2.24) is 10.2 Å². The molecule has 2 amide bonds. The molecule has 1 atom stereocenters. The van der Waals surface area contributed by atoms with Crippen molar-refractivity contribution in [3.05, 3.63) is 46.7 Å². The van der Waals surface area contributed by atoms with Crippen LogP contribution < -0.4 is 15.4 Å². The number of likely N-dealkylation sites (tertiary alicyclic amines) is 1. The van der Waals surface area contributed by atoms with Crippen LogP contribution in [-0.2, 0) is 0 Å². The number of thiophene rings is 1. The van der Waals surface area contributed by atoms with Gasteiger partial charge in [0.15, 0.2) is 0 Å². The number of carbonyl (C=O) groups is 1. The monoisotopic (exact) mass is 373 g/mol. The van der Waals surface area contributed by atoms with Gasteiger partial charge in [-0.25, -0.2) is 4.79 Å². The summed E-state index contributed by atoms with van der Waals surface area (Å²) in [5, 5.41) is 10.2. The number of nitrogens with zero attached hydrogens (tertiary/aromatic N) is 1. The van der Waals surface area contributed by atoms with Crippen LogP contribution in [0.3, 0.4) is 0 Å². The number of urea groups is 1. The molecule has 1 fully saturated rings. The number of hydrogen-bond donors (Lipinski definition) is 2. The number of amides is 2. The molecule has 0 bridgehead atoms. The summed E-state index contributed by atoms with van der Waals surface area (Å²) in [6.07, 6.45) is 5.07. The predicted octanol–water partition coefficient (Wildman–Crippen LogP) is 4.50. The molecule has 2 aromatic rings. The number of carbonyl (C=O) groups excluding carboxylic acids is 1. The lowest BCUT2D eigenvalue weighted by atomic mass is 10.1. The molecule has 0 saturated carbocycles. The van der Waals surface area contributed by atoms with Crippen LogP contribution in [0.5, 0.6) is 5.75 Å². The molecular formula is C20H27N3O2S. The van der Waals surface area contributed by atoms with E-state index in [-0.39, 0.29) is 12.1 Å². The Morgan fingerprint density at radius 2 is 2.04 bits per heavy atom. The number of rotatable bonds is 6. The van der Waals surface area contributed by atoms with Crippen LogP contribution in [0.1, 0.15) is 37.3 Å². The molecule has 2 heterocycles. The number of methoxy groups -OCH3 is 1. The maximum atomic E-state index is 12.4. The van der Waals surface area contributed by atoms with Crippen LogP contribution in [0.4, 0.5) is 10.5 Å². The second-order valence-electron chi connectivity index (χ2n) is 6.59. The molecule has 1 saturated heterocycles. The molecular weight excluding hydrogens is 346 g/mol. The first-order valence-electron chi connectivity index (χ1n) is 9.21. The number of hydrogen-bond acceptors (Lipinski definition) is 4. The van der Waals surface area contributed by atoms with Crippen molar-refractivity contribution in [1.29, 1.82) is 0 Å². The minimum Gasteiger partial charge on any atom is -0.497 e. The van der Waals surface area contributed by atoms with E-state index in [9.17, 15) is 4.79 Å². The highest BCUT2D eigenvalue weighted by Gasteiger charge is 2.22. The third-order valence-electron chi connectivity index (χ3n) is 4.79. The molecule has 5 nitrogen and oxygen atoms in total. The third-order valence-corrected chi connectivity index (χ3v) is 5.49. The number of ether oxygens (including phenoxy) is 1. The molecule has 1 aromatic heterocycles. The maximum Gasteiger partial charge on any atom is 0.319 e. The topological polar surface area (TPSA) is 53.6 Å². The van der Waals surface area contributed by atoms with Crippen LogP contribution in [0.15, 0.2) is 41.1 Å². The third kappa shape index (κ3) is 5.22. The SMILES string of the molecule is COc1cccc(NC(=O)NCC(c2ccsc2)N2CCCCCC2)c1. The number of nitrogens with one attached hydrogen (secondary N) is 2. The van der Waals surface area contributed by atoms with Gasteiger partial charge in [-0.15, -0.1) is 0 Å². The van der Waals surface area contributed by atoms with Gasteiger partial charge in [-0.05, 0) is 60.5 Å². The zero-order valence-corrected chi connectivity index (χ0v) is 16.1. The van der Waals surface area contributed by atoms with E-state index in [1.807, 2.05) is 24.3 Å². The minimum atomic E-state index is -0.187. The van der Waals surface area contributed by atoms with Gasteiger partial charge in [-0.1, -0.05) is 18.9 Å². The first-order chi connectivity index (χ1) is 12.8. The molecule has 3 rings (SSSR count). The molecule has 2 N–H and O–H groups in total. The highest BCUT2D eigenvalue weighted by Crippen LogP contribution is 2.25. The van der Waals surface area contributed by atoms with Crippen molar-refractivity contribution >= 4 is 23.1 Å². The fraction of sp³-hybridized carbons (Fsp3) is 0.450. The van der Waals surface area contributed by atoms with E-state index < -0.39 is 0 Å². The maximum absolute atomic E-state index is 12.4. The molecule has 1 aliphatic heterocycles. The van der Waals surface area contributed by atoms with E-state index in [2.05, 4.69) is 32.4 Å². The standard InChI is InChI=1S/C20H27N3O2S/c1-25-18-8-6-7-17(13-18)22-20(24)21-14-19(16-9-12-26-15-16)23-10-4-2-3-5-11-23/h6-9,12-13,15,19H,2-5,10-11,14H2,1H3,(H2,21,22,24). The van der Waals surface area contributed by atoms with Gasteiger partial charge in [-0.3, -0.25) is 4.90 Å². The molecule has 1 unspecified atom stereocenters. The Balaban J connectivity index is 1.60. The van der Waals surface area contributed by atoms with Gasteiger partial charge < -0.3 is 15.4 Å². The van der Waals surface area contributed by atoms with Crippen molar-refractivity contribution in [2.75, 3.05) is 32.1 Å². The van der Waals surface area contributed by atoms with E-state index in [1.54, 1.807) is 18.4 Å². The van der Waals surface area contributed by atoms with Crippen molar-refractivity contribution in [3.63, 3.8) is 0 Å². The first kappa shape index (κ1) is 18.7. The zero-order valence-electron chi connectivity index (χ0n) is 15.2. The normalized spacial score (nSPS) is 16.5. The summed E-state index contributed by atoms with van der Waals surface area (Å²) in [5.41, 5.74) is 2.02. The van der Waals surface area contributed by atoms with Crippen molar-refractivity contribution in [3.8, 4) is 5.75 Å². The van der Waals surface area contributed by atoms with E-state index in [0.29, 0.717) is 6.54 Å². The van der Waals surface area contributed by atoms with Crippen LogP contribution >= 0.6 is 11.3 Å². The Morgan fingerprint density at radius 3 is 2.73 bits per heavy atom. The van der Waals surface area contributed by atoms with Gasteiger partial charge in [0.2, 0.25) is 0 Å². The van der Waals surface area contributed by atoms with Crippen molar-refractivity contribution in [2.24, 2.45) is 0 Å². The smallest absolute Gasteiger partial charge is 0.319 e. The molecule has 6 heteroatoms. The predicted molar refractivity (Wildman–Crippen MR) is 107 cm³/mol. The van der Waals surface area contributed by atoms with E-state index in [4.69, 9.17) is 4.74 Å². The average molecular weight is 374 g/mol. The number of anilines is 1. The Labute approximate surface area is 159 Å². The average Bonchev–Trinajstić information content (AvgIpc) is 3.05. The van der Waals surface area contributed by atoms with Gasteiger partial charge in [0.25, 0.3) is 0 Å². The highest BCUT2D eigenvalue weighted by atomic mass is 32.1. The summed E-state index contributed by atoms with van der Waals surface area (Å²) in [6, 6.07) is 9.60. The lowest BCUT2D eigenvalue weighted by Gasteiger charge is -2.30. The Bertz CT molecular complexity index is 682. The fourth-order valence-electron chi connectivity index (χ4n) is 3.39. The van der Waals surface area contributed by atoms with Gasteiger partial charge in [0.1, 0.15) is 5.75 Å². The van der Waals surface area contributed by atoms with E-state index >= 15 is 0 Å². The van der Waals surface area contributed by atoms with Crippen molar-refractivity contribution < 1.29 is 9.53 Å². The summed E-state index contributed by atoms with van der Waals surface area (Å²) < 4.78 is 5.20. The van der Waals surface area contributed by atoms with Gasteiger partial charge >= 0.3 is 6.03 Å². The Morgan fingerprint density at radius 1 is 1.23 bits per heavy atom. The largest absolute Gasteiger partial charge is 0.497 e. The molecule has 0 radical (unpaired) electrons. The molecule has 140 valence electrons. The number of benzene rings is 1. The van der Waals surface area contributed by atoms with Gasteiger partial charge in [-0.2, -0.15) is 11.3 Å². The Hall–Kier alpha value is -2.05. The molecule has 1 aromatic carbocycles. The molecule has 0 spiro atoms. The first-order valence-corrected chi connectivity index (χ1v) is 10.2. The lowest BCUT2D eigenvalue weighted by Crippen LogP contribution is -2.40. The summed E-state index contributed by atoms with van der Waals surface area (Å²) in [7, 11) is 1.62. The van der Waals surface area contributed by atoms with Crippen molar-refractivity contribution in [2.45, 2.75) is 31.7 Å². The minimum absolute atomic E-state index is 0.187. The fourth-order valence-corrected chi connectivity index (χ4v) is 4.10. The van der Waals surface area contributed by atoms with E-state index in [1.165, 1.54) is 31.2 Å². The Kier molecular flexibility index (Phi) is 6.91. The van der Waals surface area contributed by atoms with Crippen LogP contribution in [0, 0.1) is 0 Å². The second-order valence-corrected chi connectivity index (χ2v) is 7.37. The van der Waals surface area contributed by atoms with Crippen LogP contribution in [-0.4, -0.2) is 37.7 Å². The van der Waals surface area contributed by atoms with Crippen LogP contribution in [0.25, 0.3) is 0 Å². The summed E-state index contributed by atoms with van der Waals surface area (Å²) >= 11 is 1.71. The van der Waals surface area contributed by atoms with E-state index in [0.717, 1.165) is 24.5 Å². The summed E-state index contributed by atoms with van der Waals surface area (Å²) in [5.74, 6) is 0.725. The van der Waals surface area contributed by atoms with Gasteiger partial charge in [0, 0.05) is 18.3 Å². The summed E-state index contributed by atoms with van der Waals surface area (Å²) in [4.78, 5) is 14.9. The highest BCUT2D eigenvalue weighted by molar-refractivity contribution is 7.07. The lowest BCUT2D eigenvalue weighted by molar-refractivity contribution is 0.199. The molecule has 1 aliphatic rings. The molecule has 0 aliphatic carbocycles. The quantitative estimate of drug-likeness (QED) is 0.784. The van der Waals surface area contributed by atoms with Gasteiger partial charge in [0.05, 0.1) is 13.2 Å². The summed E-state index contributed by atoms with van der Waals surface area (Å²) in [6.45, 7) is 2.80.